The minimum Gasteiger partial charge on any atom is -0.403 e. The average Bonchev–Trinajstić information content (AvgIpc) is 3.60. The fourth-order valence-corrected chi connectivity index (χ4v) is 3.42. The summed E-state index contributed by atoms with van der Waals surface area (Å²) in [6.45, 7) is 0.445. The number of carbonyl (C=O) groups is 2. The number of amides is 2. The number of pyridine rings is 1. The number of hydrogen-bond acceptors (Lipinski definition) is 6. The number of ether oxygens (including phenoxy) is 2. The van der Waals surface area contributed by atoms with Crippen LogP contribution in [-0.4, -0.2) is 51.0 Å². The van der Waals surface area contributed by atoms with Crippen molar-refractivity contribution in [3.63, 3.8) is 0 Å². The van der Waals surface area contributed by atoms with E-state index in [2.05, 4.69) is 26.4 Å². The first kappa shape index (κ1) is 25.2. The number of aromatic nitrogens is 1. The number of nitrogens with one attached hydrogen (secondary N) is 2. The van der Waals surface area contributed by atoms with E-state index < -0.39 is 24.0 Å². The van der Waals surface area contributed by atoms with Crippen molar-refractivity contribution in [1.29, 1.82) is 0 Å². The third kappa shape index (κ3) is 6.80. The molecule has 1 fully saturated rings. The molecule has 1 saturated carbocycles. The molecule has 8 nitrogen and oxygen atoms in total. The number of rotatable bonds is 7. The molecule has 0 radical (unpaired) electrons. The van der Waals surface area contributed by atoms with Gasteiger partial charge in [0, 0.05) is 20.4 Å². The van der Waals surface area contributed by atoms with Gasteiger partial charge >= 0.3 is 6.36 Å². The number of likely N-dealkylation sites (N-methyl/N-ethyl adjacent to an activating group) is 1. The monoisotopic (exact) mass is 484 g/mol. The maximum atomic E-state index is 13.4. The largest absolute Gasteiger partial charge is 0.573 e. The van der Waals surface area contributed by atoms with E-state index in [1.54, 1.807) is 0 Å². The molecular formula is C22H24F4N4O4. The number of fused-ring (bicyclic) bond motifs is 1. The Bertz CT molecular complexity index is 1030. The highest BCUT2D eigenvalue weighted by atomic mass is 19.4. The standard InChI is InChI=1S/C11H11F4NO3.C11H13N3O/c1-18-5-9(16-6-17)7-2-3-10(8(12)4-7)19-11(13,14)15;1-14-6-10(15)13-9-4-8(7-2-3-7)5-12-11(9)14/h2-4,6,9H,5H2,1H3,(H,16,17);4-5,7H,2-3,6H2,1H3,(H,13,15). The predicted molar refractivity (Wildman–Crippen MR) is 115 cm³/mol. The van der Waals surface area contributed by atoms with Gasteiger partial charge in [-0.25, -0.2) is 9.37 Å². The molecule has 0 saturated heterocycles. The normalized spacial score (nSPS) is 15.9. The summed E-state index contributed by atoms with van der Waals surface area (Å²) in [6, 6.07) is 4.31. The summed E-state index contributed by atoms with van der Waals surface area (Å²) >= 11 is 0. The van der Waals surface area contributed by atoms with Gasteiger partial charge in [0.25, 0.3) is 0 Å². The Morgan fingerprint density at radius 3 is 2.65 bits per heavy atom. The lowest BCUT2D eigenvalue weighted by molar-refractivity contribution is -0.275. The van der Waals surface area contributed by atoms with Gasteiger partial charge in [-0.05, 0) is 48.1 Å². The van der Waals surface area contributed by atoms with Gasteiger partial charge in [0.2, 0.25) is 12.3 Å². The first-order valence-corrected chi connectivity index (χ1v) is 10.4. The SMILES string of the molecule is CN1CC(=O)Nc2cc(C3CC3)cnc21.COCC(NC=O)c1ccc(OC(F)(F)F)c(F)c1. The molecule has 4 rings (SSSR count). The second-order valence-electron chi connectivity index (χ2n) is 7.85. The van der Waals surface area contributed by atoms with Gasteiger partial charge in [-0.2, -0.15) is 0 Å². The summed E-state index contributed by atoms with van der Waals surface area (Å²) in [4.78, 5) is 28.0. The van der Waals surface area contributed by atoms with Crippen LogP contribution in [0, 0.1) is 5.82 Å². The van der Waals surface area contributed by atoms with Crippen LogP contribution in [0.15, 0.2) is 30.5 Å². The highest BCUT2D eigenvalue weighted by Crippen LogP contribution is 2.42. The maximum Gasteiger partial charge on any atom is 0.573 e. The van der Waals surface area contributed by atoms with E-state index in [-0.39, 0.29) is 18.1 Å². The fourth-order valence-electron chi connectivity index (χ4n) is 3.42. The van der Waals surface area contributed by atoms with Crippen molar-refractivity contribution in [3.05, 3.63) is 47.4 Å². The van der Waals surface area contributed by atoms with Crippen LogP contribution in [0.25, 0.3) is 0 Å². The molecule has 1 aromatic carbocycles. The molecule has 0 bridgehead atoms. The number of carbonyl (C=O) groups excluding carboxylic acids is 2. The molecular weight excluding hydrogens is 460 g/mol. The summed E-state index contributed by atoms with van der Waals surface area (Å²) in [5.41, 5.74) is 2.38. The predicted octanol–water partition coefficient (Wildman–Crippen LogP) is 3.51. The van der Waals surface area contributed by atoms with Crippen molar-refractivity contribution in [3.8, 4) is 5.75 Å². The van der Waals surface area contributed by atoms with Gasteiger partial charge in [-0.3, -0.25) is 9.59 Å². The second kappa shape index (κ2) is 10.7. The number of methoxy groups -OCH3 is 1. The molecule has 2 aliphatic rings. The Kier molecular flexibility index (Phi) is 7.92. The zero-order valence-electron chi connectivity index (χ0n) is 18.5. The third-order valence-electron chi connectivity index (χ3n) is 5.14. The molecule has 1 atom stereocenters. The van der Waals surface area contributed by atoms with Crippen LogP contribution in [0.4, 0.5) is 29.1 Å². The number of halogens is 4. The van der Waals surface area contributed by atoms with Crippen LogP contribution in [-0.2, 0) is 14.3 Å². The van der Waals surface area contributed by atoms with E-state index in [0.29, 0.717) is 18.9 Å². The Morgan fingerprint density at radius 2 is 2.06 bits per heavy atom. The molecule has 1 aliphatic heterocycles. The van der Waals surface area contributed by atoms with Crippen molar-refractivity contribution in [2.45, 2.75) is 31.2 Å². The van der Waals surface area contributed by atoms with Crippen LogP contribution in [0.5, 0.6) is 5.75 Å². The van der Waals surface area contributed by atoms with E-state index in [9.17, 15) is 27.2 Å². The van der Waals surface area contributed by atoms with Crippen LogP contribution in [0.1, 0.15) is 35.9 Å². The molecule has 2 N–H and O–H groups in total. The van der Waals surface area contributed by atoms with Crippen molar-refractivity contribution < 1.29 is 36.6 Å². The summed E-state index contributed by atoms with van der Waals surface area (Å²) < 4.78 is 57.6. The van der Waals surface area contributed by atoms with E-state index in [4.69, 9.17) is 4.74 Å². The lowest BCUT2D eigenvalue weighted by atomic mass is 10.1. The van der Waals surface area contributed by atoms with Gasteiger partial charge < -0.3 is 25.0 Å². The Labute approximate surface area is 193 Å². The van der Waals surface area contributed by atoms with E-state index >= 15 is 0 Å². The summed E-state index contributed by atoms with van der Waals surface area (Å²) in [5.74, 6) is -0.521. The van der Waals surface area contributed by atoms with Gasteiger partial charge in [0.1, 0.15) is 0 Å². The minimum absolute atomic E-state index is 0.0414. The Morgan fingerprint density at radius 1 is 1.32 bits per heavy atom. The quantitative estimate of drug-likeness (QED) is 0.462. The van der Waals surface area contributed by atoms with Crippen LogP contribution in [0.3, 0.4) is 0 Å². The molecule has 1 unspecified atom stereocenters. The third-order valence-corrected chi connectivity index (χ3v) is 5.14. The second-order valence-corrected chi connectivity index (χ2v) is 7.85. The maximum absolute atomic E-state index is 13.4. The van der Waals surface area contributed by atoms with Crippen molar-refractivity contribution in [2.75, 3.05) is 37.5 Å². The molecule has 2 heterocycles. The van der Waals surface area contributed by atoms with Crippen molar-refractivity contribution in [1.82, 2.24) is 10.3 Å². The molecule has 0 spiro atoms. The summed E-state index contributed by atoms with van der Waals surface area (Å²) in [6.07, 6.45) is -0.129. The minimum atomic E-state index is -4.96. The zero-order valence-corrected chi connectivity index (χ0v) is 18.5. The Hall–Kier alpha value is -3.41. The lowest BCUT2D eigenvalue weighted by Crippen LogP contribution is -2.36. The molecule has 184 valence electrons. The number of anilines is 2. The molecule has 1 aromatic heterocycles. The van der Waals surface area contributed by atoms with Crippen LogP contribution >= 0.6 is 0 Å². The number of alkyl halides is 3. The Balaban J connectivity index is 0.000000195. The zero-order chi connectivity index (χ0) is 24.9. The van der Waals surface area contributed by atoms with Gasteiger partial charge in [0.15, 0.2) is 17.4 Å². The number of hydrogen-bond donors (Lipinski definition) is 2. The van der Waals surface area contributed by atoms with Crippen molar-refractivity contribution >= 4 is 23.8 Å². The average molecular weight is 484 g/mol. The highest BCUT2D eigenvalue weighted by molar-refractivity contribution is 6.00. The molecule has 12 heteroatoms. The van der Waals surface area contributed by atoms with Gasteiger partial charge in [-0.1, -0.05) is 6.07 Å². The summed E-state index contributed by atoms with van der Waals surface area (Å²) in [7, 11) is 3.26. The van der Waals surface area contributed by atoms with Crippen LogP contribution < -0.4 is 20.3 Å². The lowest BCUT2D eigenvalue weighted by Gasteiger charge is -2.26. The number of benzene rings is 1. The van der Waals surface area contributed by atoms with Gasteiger partial charge in [-0.15, -0.1) is 13.2 Å². The smallest absolute Gasteiger partial charge is 0.403 e. The van der Waals surface area contributed by atoms with Crippen molar-refractivity contribution in [2.24, 2.45) is 0 Å². The molecule has 1 aliphatic carbocycles. The fraction of sp³-hybridized carbons (Fsp3) is 0.409. The topological polar surface area (TPSA) is 92.8 Å². The van der Waals surface area contributed by atoms with E-state index in [0.717, 1.165) is 23.6 Å². The van der Waals surface area contributed by atoms with Crippen LogP contribution in [0.2, 0.25) is 0 Å². The molecule has 2 aromatic rings. The number of nitrogens with zero attached hydrogens (tertiary/aromatic N) is 2. The molecule has 34 heavy (non-hydrogen) atoms. The highest BCUT2D eigenvalue weighted by Gasteiger charge is 2.32. The molecule has 2 amide bonds. The summed E-state index contributed by atoms with van der Waals surface area (Å²) in [5, 5.41) is 5.23. The first-order chi connectivity index (χ1) is 16.1. The first-order valence-electron chi connectivity index (χ1n) is 10.4. The van der Waals surface area contributed by atoms with E-state index in [1.165, 1.54) is 31.6 Å². The van der Waals surface area contributed by atoms with E-state index in [1.807, 2.05) is 18.1 Å². The van der Waals surface area contributed by atoms with Gasteiger partial charge in [0.05, 0.1) is 24.9 Å².